The minimum absolute atomic E-state index is 0.0197. The first-order valence-electron chi connectivity index (χ1n) is 13.7. The number of anilines is 3. The standard InChI is InChI=1S/C27H30F5N5O7S/c1-16-4-7-22(34-8-10-35(11-9-34)23(39)15-43-17(2)38)37(44-25(40)27(30,31)32)24(16)18-5-6-20-21(12-18)33(3)45(41,42)36(20)14-19-13-26(19,28)29/h4-7,12,19H,8-11,13-15H2,1-3H3,(H-,41,42). The third-order valence-corrected chi connectivity index (χ3v) is 9.70. The van der Waals surface area contributed by atoms with Crippen LogP contribution < -0.4 is 23.1 Å². The van der Waals surface area contributed by atoms with Crippen molar-refractivity contribution in [1.82, 2.24) is 4.90 Å². The van der Waals surface area contributed by atoms with Crippen LogP contribution >= 0.6 is 11.0 Å². The number of piperazine rings is 1. The number of carbonyl (C=O) groups is 3. The van der Waals surface area contributed by atoms with Gasteiger partial charge in [0, 0.05) is 50.0 Å². The summed E-state index contributed by atoms with van der Waals surface area (Å²) in [5.41, 5.74) is 0.940. The Morgan fingerprint density at radius 3 is 2.33 bits per heavy atom. The number of esters is 1. The average molecular weight is 664 g/mol. The van der Waals surface area contributed by atoms with E-state index in [-0.39, 0.29) is 61.2 Å². The number of amides is 1. The highest BCUT2D eigenvalue weighted by Crippen LogP contribution is 2.62. The predicted molar refractivity (Wildman–Crippen MR) is 150 cm³/mol. The van der Waals surface area contributed by atoms with Gasteiger partial charge in [-0.25, -0.2) is 29.4 Å². The number of aromatic nitrogens is 1. The highest BCUT2D eigenvalue weighted by Gasteiger charge is 2.58. The molecule has 3 heterocycles. The Balaban J connectivity index is 1.51. The summed E-state index contributed by atoms with van der Waals surface area (Å²) < 4.78 is 99.1. The fourth-order valence-corrected chi connectivity index (χ4v) is 6.75. The van der Waals surface area contributed by atoms with Crippen molar-refractivity contribution >= 4 is 46.0 Å². The second kappa shape index (κ2) is 11.5. The van der Waals surface area contributed by atoms with Crippen LogP contribution in [0.3, 0.4) is 0 Å². The maximum Gasteiger partial charge on any atom is 0.495 e. The minimum atomic E-state index is -5.35. The summed E-state index contributed by atoms with van der Waals surface area (Å²) in [6, 6.07) is 7.29. The fraction of sp³-hybridized carbons (Fsp3) is 0.481. The van der Waals surface area contributed by atoms with Gasteiger partial charge >= 0.3 is 23.9 Å². The van der Waals surface area contributed by atoms with E-state index in [9.17, 15) is 45.4 Å². The number of ether oxygens (including phenoxy) is 1. The van der Waals surface area contributed by atoms with E-state index in [2.05, 4.69) is 0 Å². The molecule has 0 radical (unpaired) electrons. The van der Waals surface area contributed by atoms with Crippen molar-refractivity contribution in [3.8, 4) is 11.3 Å². The number of hydrogen-bond acceptors (Lipinski definition) is 10. The van der Waals surface area contributed by atoms with E-state index in [1.54, 1.807) is 17.9 Å². The lowest BCUT2D eigenvalue weighted by Gasteiger charge is -2.54. The first-order chi connectivity index (χ1) is 20.9. The van der Waals surface area contributed by atoms with Crippen LogP contribution in [-0.2, 0) is 19.1 Å². The van der Waals surface area contributed by atoms with Crippen LogP contribution in [0.25, 0.3) is 11.3 Å². The number of rotatable bonds is 7. The normalized spacial score (nSPS) is 23.7. The molecule has 2 aromatic rings. The summed E-state index contributed by atoms with van der Waals surface area (Å²) in [4.78, 5) is 43.5. The molecule has 1 aromatic carbocycles. The highest BCUT2D eigenvalue weighted by molar-refractivity contribution is 8.26. The van der Waals surface area contributed by atoms with Crippen LogP contribution in [-0.4, -0.2) is 90.3 Å². The summed E-state index contributed by atoms with van der Waals surface area (Å²) in [5.74, 6) is -7.57. The Morgan fingerprint density at radius 1 is 1.11 bits per heavy atom. The molecule has 12 nitrogen and oxygen atoms in total. The zero-order valence-corrected chi connectivity index (χ0v) is 25.2. The predicted octanol–water partition coefficient (Wildman–Crippen LogP) is 2.83. The van der Waals surface area contributed by atoms with Gasteiger partial charge in [0.1, 0.15) is 13.1 Å². The summed E-state index contributed by atoms with van der Waals surface area (Å²) in [6.07, 6.45) is -5.76. The van der Waals surface area contributed by atoms with Crippen LogP contribution in [0.5, 0.6) is 0 Å². The first-order valence-corrected chi connectivity index (χ1v) is 15.2. The Labute approximate surface area is 256 Å². The van der Waals surface area contributed by atoms with Crippen LogP contribution in [0.15, 0.2) is 30.3 Å². The molecule has 1 amide bonds. The number of aryl methyl sites for hydroxylation is 1. The smallest absolute Gasteiger partial charge is 0.495 e. The molecular weight excluding hydrogens is 633 g/mol. The van der Waals surface area contributed by atoms with Crippen molar-refractivity contribution in [2.24, 2.45) is 5.92 Å². The summed E-state index contributed by atoms with van der Waals surface area (Å²) >= 11 is 0. The third kappa shape index (κ3) is 6.30. The maximum absolute atomic E-state index is 13.7. The maximum atomic E-state index is 13.7. The summed E-state index contributed by atoms with van der Waals surface area (Å²) in [7, 11) is -2.67. The van der Waals surface area contributed by atoms with Gasteiger partial charge in [-0.2, -0.15) is 13.2 Å². The first kappa shape index (κ1) is 32.5. The van der Waals surface area contributed by atoms with E-state index in [1.165, 1.54) is 36.2 Å². The summed E-state index contributed by atoms with van der Waals surface area (Å²) in [6.45, 7) is 2.38. The SMILES string of the molecule is CC(=O)OCC(=O)N1CCN(c2ccc(C)c(-c3ccc4c(c3)N(C)S([O-])(O)N4CC3CC3(F)F)[n+]2OC(=O)C(F)(F)F)CC1. The van der Waals surface area contributed by atoms with Gasteiger partial charge in [0.2, 0.25) is 0 Å². The van der Waals surface area contributed by atoms with Gasteiger partial charge < -0.3 is 14.2 Å². The lowest BCUT2D eigenvalue weighted by Crippen LogP contribution is -2.58. The van der Waals surface area contributed by atoms with Gasteiger partial charge in [-0.3, -0.25) is 27.7 Å². The number of benzene rings is 1. The van der Waals surface area contributed by atoms with Crippen LogP contribution in [0, 0.1) is 12.8 Å². The molecule has 1 aromatic heterocycles. The van der Waals surface area contributed by atoms with Crippen molar-refractivity contribution < 1.29 is 59.7 Å². The van der Waals surface area contributed by atoms with E-state index < -0.39 is 59.9 Å². The van der Waals surface area contributed by atoms with Crippen molar-refractivity contribution in [2.75, 3.05) is 59.9 Å². The molecule has 45 heavy (non-hydrogen) atoms. The van der Waals surface area contributed by atoms with Gasteiger partial charge in [-0.15, -0.1) is 0 Å². The number of fused-ring (bicyclic) bond motifs is 1. The van der Waals surface area contributed by atoms with Gasteiger partial charge in [-0.05, 0) is 35.9 Å². The highest BCUT2D eigenvalue weighted by atomic mass is 32.3. The number of carbonyl (C=O) groups excluding carboxylic acids is 3. The van der Waals surface area contributed by atoms with E-state index in [0.29, 0.717) is 5.56 Å². The number of pyridine rings is 1. The van der Waals surface area contributed by atoms with Crippen LogP contribution in [0.2, 0.25) is 0 Å². The Hall–Kier alpha value is -3.90. The lowest BCUT2D eigenvalue weighted by atomic mass is 10.0. The van der Waals surface area contributed by atoms with Crippen LogP contribution in [0.4, 0.5) is 39.1 Å². The molecule has 18 heteroatoms. The molecular formula is C27H30F5N5O7S. The molecule has 3 aliphatic rings. The minimum Gasteiger partial charge on any atom is -0.733 e. The Kier molecular flexibility index (Phi) is 8.28. The van der Waals surface area contributed by atoms with Gasteiger partial charge in [0.05, 0.1) is 24.5 Å². The van der Waals surface area contributed by atoms with Gasteiger partial charge in [0.25, 0.3) is 11.8 Å². The molecule has 1 aliphatic carbocycles. The van der Waals surface area contributed by atoms with Gasteiger partial charge in [-0.1, -0.05) is 0 Å². The second-order valence-corrected chi connectivity index (χ2v) is 12.9. The monoisotopic (exact) mass is 663 g/mol. The number of alkyl halides is 5. The van der Waals surface area contributed by atoms with E-state index in [0.717, 1.165) is 20.3 Å². The number of hydrogen-bond donors (Lipinski definition) is 1. The van der Waals surface area contributed by atoms with E-state index >= 15 is 0 Å². The van der Waals surface area contributed by atoms with E-state index in [1.807, 2.05) is 0 Å². The average Bonchev–Trinajstić information content (AvgIpc) is 3.53. The molecule has 2 fully saturated rings. The molecule has 0 bridgehead atoms. The quantitative estimate of drug-likeness (QED) is 0.268. The lowest BCUT2D eigenvalue weighted by molar-refractivity contribution is -0.851. The fourth-order valence-electron chi connectivity index (χ4n) is 5.27. The molecule has 1 N–H and O–H groups in total. The Bertz CT molecular complexity index is 1530. The topological polar surface area (TPSA) is 130 Å². The zero-order valence-electron chi connectivity index (χ0n) is 24.3. The molecule has 2 unspecified atom stereocenters. The van der Waals surface area contributed by atoms with Crippen molar-refractivity contribution in [3.05, 3.63) is 35.9 Å². The molecule has 1 saturated heterocycles. The van der Waals surface area contributed by atoms with Crippen LogP contribution in [0.1, 0.15) is 18.9 Å². The second-order valence-electron chi connectivity index (χ2n) is 10.9. The zero-order chi connectivity index (χ0) is 33.1. The Morgan fingerprint density at radius 2 is 1.76 bits per heavy atom. The summed E-state index contributed by atoms with van der Waals surface area (Å²) in [5, 5.41) is 0. The molecule has 5 rings (SSSR count). The molecule has 0 spiro atoms. The van der Waals surface area contributed by atoms with Crippen molar-refractivity contribution in [3.63, 3.8) is 0 Å². The number of nitrogens with zero attached hydrogens (tertiary/aromatic N) is 5. The van der Waals surface area contributed by atoms with Crippen molar-refractivity contribution in [1.29, 1.82) is 0 Å². The molecule has 246 valence electrons. The largest absolute Gasteiger partial charge is 0.733 e. The van der Waals surface area contributed by atoms with Gasteiger partial charge in [0.15, 0.2) is 12.3 Å². The molecule has 1 saturated carbocycles. The third-order valence-electron chi connectivity index (χ3n) is 7.87. The molecule has 2 atom stereocenters. The molecule has 2 aliphatic heterocycles. The number of halogens is 5. The van der Waals surface area contributed by atoms with E-state index in [4.69, 9.17) is 9.57 Å². The van der Waals surface area contributed by atoms with Crippen molar-refractivity contribution in [2.45, 2.75) is 32.4 Å².